The van der Waals surface area contributed by atoms with Gasteiger partial charge in [0.1, 0.15) is 10.9 Å². The molecule has 0 fully saturated rings. The molecule has 5 heteroatoms. The predicted molar refractivity (Wildman–Crippen MR) is 59.2 cm³/mol. The van der Waals surface area contributed by atoms with Crippen LogP contribution < -0.4 is 5.73 Å². The maximum Gasteiger partial charge on any atom is 0.220 e. The fourth-order valence-corrected chi connectivity index (χ4v) is 2.02. The quantitative estimate of drug-likeness (QED) is 0.790. The molecular weight excluding hydrogens is 208 g/mol. The van der Waals surface area contributed by atoms with Gasteiger partial charge >= 0.3 is 0 Å². The molecule has 4 nitrogen and oxygen atoms in total. The van der Waals surface area contributed by atoms with Gasteiger partial charge in [0.2, 0.25) is 5.95 Å². The standard InChI is InChI=1S/C10H8N4S/c1-6-4-8(14-10(12)13-6)9-3-2-7(5-11)15-9/h2-4H,1H3,(H2,12,13,14). The van der Waals surface area contributed by atoms with Crippen LogP contribution in [0, 0.1) is 18.3 Å². The Morgan fingerprint density at radius 1 is 1.40 bits per heavy atom. The molecule has 0 spiro atoms. The number of thiophene rings is 1. The van der Waals surface area contributed by atoms with Crippen LogP contribution in [0.2, 0.25) is 0 Å². The Morgan fingerprint density at radius 2 is 2.20 bits per heavy atom. The lowest BCUT2D eigenvalue weighted by Gasteiger charge is -1.99. The van der Waals surface area contributed by atoms with E-state index < -0.39 is 0 Å². The number of hydrogen-bond acceptors (Lipinski definition) is 5. The van der Waals surface area contributed by atoms with Crippen LogP contribution in [0.3, 0.4) is 0 Å². The normalized spacial score (nSPS) is 9.87. The first-order chi connectivity index (χ1) is 7.19. The minimum atomic E-state index is 0.261. The lowest BCUT2D eigenvalue weighted by molar-refractivity contribution is 1.13. The summed E-state index contributed by atoms with van der Waals surface area (Å²) in [7, 11) is 0. The second-order valence-electron chi connectivity index (χ2n) is 3.03. The second-order valence-corrected chi connectivity index (χ2v) is 4.11. The number of rotatable bonds is 1. The lowest BCUT2D eigenvalue weighted by atomic mass is 10.3. The third kappa shape index (κ3) is 1.95. The van der Waals surface area contributed by atoms with Crippen molar-refractivity contribution in [2.45, 2.75) is 6.92 Å². The predicted octanol–water partition coefficient (Wildman–Crippen LogP) is 1.97. The topological polar surface area (TPSA) is 75.6 Å². The van der Waals surface area contributed by atoms with E-state index in [0.29, 0.717) is 4.88 Å². The van der Waals surface area contributed by atoms with Gasteiger partial charge in [-0.1, -0.05) is 0 Å². The molecule has 0 aliphatic carbocycles. The highest BCUT2D eigenvalue weighted by atomic mass is 32.1. The van der Waals surface area contributed by atoms with Gasteiger partial charge in [0.05, 0.1) is 10.6 Å². The molecule has 0 radical (unpaired) electrons. The molecule has 15 heavy (non-hydrogen) atoms. The van der Waals surface area contributed by atoms with Gasteiger partial charge < -0.3 is 5.73 Å². The van der Waals surface area contributed by atoms with Gasteiger partial charge in [-0.25, -0.2) is 9.97 Å². The van der Waals surface area contributed by atoms with E-state index in [2.05, 4.69) is 16.0 Å². The Hall–Kier alpha value is -1.93. The minimum absolute atomic E-state index is 0.261. The van der Waals surface area contributed by atoms with Crippen molar-refractivity contribution in [1.29, 1.82) is 5.26 Å². The summed E-state index contributed by atoms with van der Waals surface area (Å²) in [6.07, 6.45) is 0. The van der Waals surface area contributed by atoms with E-state index >= 15 is 0 Å². The number of nitrogens with two attached hydrogens (primary N) is 1. The van der Waals surface area contributed by atoms with Crippen LogP contribution in [0.5, 0.6) is 0 Å². The molecule has 0 saturated heterocycles. The van der Waals surface area contributed by atoms with Crippen LogP contribution in [0.15, 0.2) is 18.2 Å². The van der Waals surface area contributed by atoms with Crippen molar-refractivity contribution in [3.8, 4) is 16.6 Å². The number of nitriles is 1. The second kappa shape index (κ2) is 3.67. The Labute approximate surface area is 91.0 Å². The van der Waals surface area contributed by atoms with Gasteiger partial charge in [-0.2, -0.15) is 5.26 Å². The van der Waals surface area contributed by atoms with Crippen LogP contribution >= 0.6 is 11.3 Å². The summed E-state index contributed by atoms with van der Waals surface area (Å²) in [6.45, 7) is 1.86. The monoisotopic (exact) mass is 216 g/mol. The summed E-state index contributed by atoms with van der Waals surface area (Å²) in [5.41, 5.74) is 7.15. The highest BCUT2D eigenvalue weighted by Gasteiger charge is 2.05. The summed E-state index contributed by atoms with van der Waals surface area (Å²) in [5.74, 6) is 0.261. The van der Waals surface area contributed by atoms with E-state index in [9.17, 15) is 0 Å². The van der Waals surface area contributed by atoms with E-state index in [1.165, 1.54) is 11.3 Å². The maximum atomic E-state index is 8.71. The number of anilines is 1. The van der Waals surface area contributed by atoms with Crippen LogP contribution in [0.1, 0.15) is 10.6 Å². The minimum Gasteiger partial charge on any atom is -0.368 e. The van der Waals surface area contributed by atoms with E-state index in [4.69, 9.17) is 11.0 Å². The average molecular weight is 216 g/mol. The number of hydrogen-bond donors (Lipinski definition) is 1. The molecule has 0 aliphatic rings. The van der Waals surface area contributed by atoms with E-state index in [-0.39, 0.29) is 5.95 Å². The smallest absolute Gasteiger partial charge is 0.220 e. The summed E-state index contributed by atoms with van der Waals surface area (Å²) < 4.78 is 0. The fourth-order valence-electron chi connectivity index (χ4n) is 1.25. The summed E-state index contributed by atoms with van der Waals surface area (Å²) in [6, 6.07) is 7.58. The Morgan fingerprint density at radius 3 is 2.80 bits per heavy atom. The number of aryl methyl sites for hydroxylation is 1. The first-order valence-corrected chi connectivity index (χ1v) is 5.12. The zero-order valence-electron chi connectivity index (χ0n) is 8.06. The molecular formula is C10H8N4S. The molecule has 0 bridgehead atoms. The van der Waals surface area contributed by atoms with Crippen molar-refractivity contribution in [3.63, 3.8) is 0 Å². The Balaban J connectivity index is 2.50. The van der Waals surface area contributed by atoms with Gasteiger partial charge in [-0.3, -0.25) is 0 Å². The van der Waals surface area contributed by atoms with Crippen LogP contribution in [0.4, 0.5) is 5.95 Å². The van der Waals surface area contributed by atoms with Gasteiger partial charge in [-0.05, 0) is 25.1 Å². The average Bonchev–Trinajstić information content (AvgIpc) is 2.64. The zero-order chi connectivity index (χ0) is 10.8. The van der Waals surface area contributed by atoms with E-state index in [1.807, 2.05) is 19.1 Å². The molecule has 2 aromatic rings. The van der Waals surface area contributed by atoms with Gasteiger partial charge in [0, 0.05) is 5.69 Å². The molecule has 0 aliphatic heterocycles. The molecule has 2 N–H and O–H groups in total. The molecule has 0 atom stereocenters. The van der Waals surface area contributed by atoms with Crippen LogP contribution in [-0.2, 0) is 0 Å². The van der Waals surface area contributed by atoms with Crippen molar-refractivity contribution in [3.05, 3.63) is 28.8 Å². The highest BCUT2D eigenvalue weighted by Crippen LogP contribution is 2.26. The molecule has 0 unspecified atom stereocenters. The van der Waals surface area contributed by atoms with Crippen molar-refractivity contribution < 1.29 is 0 Å². The van der Waals surface area contributed by atoms with Crippen molar-refractivity contribution in [2.75, 3.05) is 5.73 Å². The molecule has 0 saturated carbocycles. The lowest BCUT2D eigenvalue weighted by Crippen LogP contribution is -1.97. The third-order valence-electron chi connectivity index (χ3n) is 1.84. The fraction of sp³-hybridized carbons (Fsp3) is 0.100. The third-order valence-corrected chi connectivity index (χ3v) is 2.85. The first-order valence-electron chi connectivity index (χ1n) is 4.30. The van der Waals surface area contributed by atoms with Gasteiger partial charge in [-0.15, -0.1) is 11.3 Å². The van der Waals surface area contributed by atoms with Crippen molar-refractivity contribution in [2.24, 2.45) is 0 Å². The van der Waals surface area contributed by atoms with Crippen molar-refractivity contribution in [1.82, 2.24) is 9.97 Å². The molecule has 74 valence electrons. The molecule has 0 amide bonds. The largest absolute Gasteiger partial charge is 0.368 e. The molecule has 2 rings (SSSR count). The summed E-state index contributed by atoms with van der Waals surface area (Å²) in [5, 5.41) is 8.71. The summed E-state index contributed by atoms with van der Waals surface area (Å²) >= 11 is 1.40. The molecule has 0 aromatic carbocycles. The van der Waals surface area contributed by atoms with Crippen molar-refractivity contribution >= 4 is 17.3 Å². The van der Waals surface area contributed by atoms with E-state index in [1.54, 1.807) is 6.07 Å². The first kappa shape index (κ1) is 9.62. The molecule has 2 heterocycles. The Kier molecular flexibility index (Phi) is 2.35. The summed E-state index contributed by atoms with van der Waals surface area (Å²) in [4.78, 5) is 9.71. The number of aromatic nitrogens is 2. The van der Waals surface area contributed by atoms with Gasteiger partial charge in [0.25, 0.3) is 0 Å². The number of nitrogens with zero attached hydrogens (tertiary/aromatic N) is 3. The van der Waals surface area contributed by atoms with E-state index in [0.717, 1.165) is 16.3 Å². The van der Waals surface area contributed by atoms with Gasteiger partial charge in [0.15, 0.2) is 0 Å². The molecule has 2 aromatic heterocycles. The highest BCUT2D eigenvalue weighted by molar-refractivity contribution is 7.15. The Bertz CT molecular complexity index is 518. The van der Waals surface area contributed by atoms with Crippen LogP contribution in [-0.4, -0.2) is 9.97 Å². The van der Waals surface area contributed by atoms with Crippen LogP contribution in [0.25, 0.3) is 10.6 Å². The maximum absolute atomic E-state index is 8.71. The SMILES string of the molecule is Cc1cc(-c2ccc(C#N)s2)nc(N)n1. The zero-order valence-corrected chi connectivity index (χ0v) is 8.88. The number of nitrogen functional groups attached to an aromatic ring is 1.